The van der Waals surface area contributed by atoms with Crippen LogP contribution in [0.15, 0.2) is 12.7 Å². The molecule has 1 heterocycles. The molecule has 0 aromatic heterocycles. The van der Waals surface area contributed by atoms with E-state index in [-0.39, 0.29) is 0 Å². The molecule has 17 heavy (non-hydrogen) atoms. The van der Waals surface area contributed by atoms with E-state index in [1.807, 2.05) is 6.08 Å². The molecule has 1 fully saturated rings. The maximum absolute atomic E-state index is 3.84. The standard InChI is InChI=1S/C15H30N2/c1-6-8-9-17-11-14(13(5)7-2)16-10-15(17)12(3)4/h6,12-16H,1,7-11H2,2-5H3. The minimum absolute atomic E-state index is 0.666. The molecule has 1 aliphatic rings. The third-order valence-electron chi connectivity index (χ3n) is 4.21. The van der Waals surface area contributed by atoms with Crippen molar-refractivity contribution in [3.05, 3.63) is 12.7 Å². The average molecular weight is 238 g/mol. The SMILES string of the molecule is C=CCCN1CC(C(C)CC)NCC1C(C)C. The van der Waals surface area contributed by atoms with Crippen LogP contribution in [0.5, 0.6) is 0 Å². The van der Waals surface area contributed by atoms with Gasteiger partial charge in [0, 0.05) is 31.7 Å². The number of rotatable bonds is 6. The molecule has 1 rings (SSSR count). The van der Waals surface area contributed by atoms with Crippen LogP contribution >= 0.6 is 0 Å². The first kappa shape index (κ1) is 14.7. The van der Waals surface area contributed by atoms with Crippen molar-refractivity contribution < 1.29 is 0 Å². The van der Waals surface area contributed by atoms with E-state index in [0.717, 1.165) is 24.8 Å². The summed E-state index contributed by atoms with van der Waals surface area (Å²) in [5, 5.41) is 3.74. The van der Waals surface area contributed by atoms with Gasteiger partial charge in [-0.2, -0.15) is 0 Å². The molecular formula is C15H30N2. The highest BCUT2D eigenvalue weighted by atomic mass is 15.2. The van der Waals surface area contributed by atoms with Crippen molar-refractivity contribution in [1.82, 2.24) is 10.2 Å². The summed E-state index contributed by atoms with van der Waals surface area (Å²) in [6, 6.07) is 1.36. The van der Waals surface area contributed by atoms with Gasteiger partial charge in [0.05, 0.1) is 0 Å². The van der Waals surface area contributed by atoms with Crippen molar-refractivity contribution in [3.63, 3.8) is 0 Å². The third-order valence-corrected chi connectivity index (χ3v) is 4.21. The molecule has 0 radical (unpaired) electrons. The van der Waals surface area contributed by atoms with Gasteiger partial charge in [-0.3, -0.25) is 4.90 Å². The summed E-state index contributed by atoms with van der Waals surface area (Å²) in [6.07, 6.45) is 4.41. The van der Waals surface area contributed by atoms with E-state index < -0.39 is 0 Å². The molecule has 0 aromatic rings. The third kappa shape index (κ3) is 4.11. The first-order valence-corrected chi connectivity index (χ1v) is 7.18. The Morgan fingerprint density at radius 2 is 2.12 bits per heavy atom. The zero-order chi connectivity index (χ0) is 12.8. The average Bonchev–Trinajstić information content (AvgIpc) is 2.34. The van der Waals surface area contributed by atoms with Crippen LogP contribution in [0.2, 0.25) is 0 Å². The fourth-order valence-electron chi connectivity index (χ4n) is 2.69. The molecule has 3 unspecified atom stereocenters. The Morgan fingerprint density at radius 3 is 2.65 bits per heavy atom. The van der Waals surface area contributed by atoms with Gasteiger partial charge in [0.1, 0.15) is 0 Å². The van der Waals surface area contributed by atoms with Crippen molar-refractivity contribution in [2.24, 2.45) is 11.8 Å². The minimum Gasteiger partial charge on any atom is -0.311 e. The lowest BCUT2D eigenvalue weighted by Crippen LogP contribution is -2.59. The molecule has 1 saturated heterocycles. The number of nitrogens with one attached hydrogen (secondary N) is 1. The first-order chi connectivity index (χ1) is 8.10. The van der Waals surface area contributed by atoms with E-state index in [1.165, 1.54) is 19.5 Å². The van der Waals surface area contributed by atoms with Crippen LogP contribution in [0.25, 0.3) is 0 Å². The summed E-state index contributed by atoms with van der Waals surface area (Å²) in [4.78, 5) is 2.67. The number of hydrogen-bond acceptors (Lipinski definition) is 2. The fourth-order valence-corrected chi connectivity index (χ4v) is 2.69. The van der Waals surface area contributed by atoms with Gasteiger partial charge in [0.2, 0.25) is 0 Å². The van der Waals surface area contributed by atoms with Crippen molar-refractivity contribution in [2.75, 3.05) is 19.6 Å². The second kappa shape index (κ2) is 7.17. The van der Waals surface area contributed by atoms with Crippen LogP contribution in [0.4, 0.5) is 0 Å². The maximum Gasteiger partial charge on any atom is 0.0244 e. The zero-order valence-corrected chi connectivity index (χ0v) is 12.1. The van der Waals surface area contributed by atoms with Crippen LogP contribution in [0.1, 0.15) is 40.5 Å². The Kier molecular flexibility index (Phi) is 6.21. The largest absolute Gasteiger partial charge is 0.311 e. The molecule has 0 spiro atoms. The van der Waals surface area contributed by atoms with Gasteiger partial charge < -0.3 is 5.32 Å². The van der Waals surface area contributed by atoms with E-state index in [1.54, 1.807) is 0 Å². The molecule has 3 atom stereocenters. The second-order valence-electron chi connectivity index (χ2n) is 5.78. The summed E-state index contributed by atoms with van der Waals surface area (Å²) >= 11 is 0. The lowest BCUT2D eigenvalue weighted by Gasteiger charge is -2.44. The summed E-state index contributed by atoms with van der Waals surface area (Å²) in [5.41, 5.74) is 0. The van der Waals surface area contributed by atoms with Gasteiger partial charge in [-0.1, -0.05) is 40.2 Å². The molecular weight excluding hydrogens is 208 g/mol. The number of piperazine rings is 1. The number of nitrogens with zero attached hydrogens (tertiary/aromatic N) is 1. The highest BCUT2D eigenvalue weighted by Gasteiger charge is 2.30. The molecule has 2 heteroatoms. The van der Waals surface area contributed by atoms with Gasteiger partial charge in [0.15, 0.2) is 0 Å². The van der Waals surface area contributed by atoms with E-state index in [9.17, 15) is 0 Å². The zero-order valence-electron chi connectivity index (χ0n) is 12.1. The first-order valence-electron chi connectivity index (χ1n) is 7.18. The van der Waals surface area contributed by atoms with Gasteiger partial charge in [-0.05, 0) is 18.3 Å². The topological polar surface area (TPSA) is 15.3 Å². The van der Waals surface area contributed by atoms with Gasteiger partial charge in [0.25, 0.3) is 0 Å². The highest BCUT2D eigenvalue weighted by molar-refractivity contribution is 4.90. The Hall–Kier alpha value is -0.340. The quantitative estimate of drug-likeness (QED) is 0.716. The van der Waals surface area contributed by atoms with E-state index >= 15 is 0 Å². The molecule has 2 nitrogen and oxygen atoms in total. The monoisotopic (exact) mass is 238 g/mol. The van der Waals surface area contributed by atoms with Crippen LogP contribution in [-0.2, 0) is 0 Å². The van der Waals surface area contributed by atoms with E-state index in [4.69, 9.17) is 0 Å². The summed E-state index contributed by atoms with van der Waals surface area (Å²) in [6.45, 7) is 16.7. The maximum atomic E-state index is 3.84. The molecule has 1 aliphatic heterocycles. The second-order valence-corrected chi connectivity index (χ2v) is 5.78. The van der Waals surface area contributed by atoms with Crippen LogP contribution in [0.3, 0.4) is 0 Å². The molecule has 100 valence electrons. The summed E-state index contributed by atoms with van der Waals surface area (Å²) < 4.78 is 0. The highest BCUT2D eigenvalue weighted by Crippen LogP contribution is 2.20. The minimum atomic E-state index is 0.666. The fraction of sp³-hybridized carbons (Fsp3) is 0.867. The van der Waals surface area contributed by atoms with Crippen molar-refractivity contribution in [3.8, 4) is 0 Å². The Morgan fingerprint density at radius 1 is 1.41 bits per heavy atom. The molecule has 0 bridgehead atoms. The Bertz CT molecular complexity index is 225. The number of hydrogen-bond donors (Lipinski definition) is 1. The Labute approximate surface area is 107 Å². The Balaban J connectivity index is 2.59. The molecule has 0 aliphatic carbocycles. The smallest absolute Gasteiger partial charge is 0.0244 e. The summed E-state index contributed by atoms with van der Waals surface area (Å²) in [5.74, 6) is 1.50. The molecule has 0 saturated carbocycles. The normalized spacial score (nSPS) is 28.3. The molecule has 0 aromatic carbocycles. The van der Waals surface area contributed by atoms with Gasteiger partial charge in [-0.25, -0.2) is 0 Å². The lowest BCUT2D eigenvalue weighted by atomic mass is 9.92. The molecule has 0 amide bonds. The van der Waals surface area contributed by atoms with Crippen LogP contribution in [0, 0.1) is 11.8 Å². The van der Waals surface area contributed by atoms with E-state index in [0.29, 0.717) is 12.1 Å². The lowest BCUT2D eigenvalue weighted by molar-refractivity contribution is 0.0838. The summed E-state index contributed by atoms with van der Waals surface area (Å²) in [7, 11) is 0. The van der Waals surface area contributed by atoms with Gasteiger partial charge in [-0.15, -0.1) is 6.58 Å². The van der Waals surface area contributed by atoms with Crippen molar-refractivity contribution >= 4 is 0 Å². The predicted octanol–water partition coefficient (Wildman–Crippen LogP) is 2.91. The van der Waals surface area contributed by atoms with Crippen LogP contribution in [-0.4, -0.2) is 36.6 Å². The van der Waals surface area contributed by atoms with E-state index in [2.05, 4.69) is 44.5 Å². The van der Waals surface area contributed by atoms with Gasteiger partial charge >= 0.3 is 0 Å². The van der Waals surface area contributed by atoms with Crippen molar-refractivity contribution in [1.29, 1.82) is 0 Å². The molecule has 1 N–H and O–H groups in total. The van der Waals surface area contributed by atoms with Crippen LogP contribution < -0.4 is 5.32 Å². The van der Waals surface area contributed by atoms with Crippen molar-refractivity contribution in [2.45, 2.75) is 52.6 Å². The predicted molar refractivity (Wildman–Crippen MR) is 76.3 cm³/mol.